The maximum atomic E-state index is 15.9. The molecule has 8 aliphatic heterocycles. The van der Waals surface area contributed by atoms with Gasteiger partial charge in [-0.05, 0) is 185 Å². The number of benzene rings is 3. The molecule has 20 heteroatoms. The summed E-state index contributed by atoms with van der Waals surface area (Å²) >= 11 is 0. The summed E-state index contributed by atoms with van der Waals surface area (Å²) < 4.78 is 134. The Morgan fingerprint density at radius 1 is 0.417 bits per heavy atom. The molecule has 0 N–H and O–H groups in total. The molecular weight excluding hydrogens is 1300 g/mol. The van der Waals surface area contributed by atoms with Gasteiger partial charge < -0.3 is 70.4 Å². The van der Waals surface area contributed by atoms with E-state index in [0.717, 1.165) is 76.8 Å². The lowest BCUT2D eigenvalue weighted by molar-refractivity contribution is -0.363. The third-order valence-corrected chi connectivity index (χ3v) is 20.8. The summed E-state index contributed by atoms with van der Waals surface area (Å²) in [5, 5.41) is 0. The molecule has 8 nitrogen and oxygen atoms in total. The predicted molar refractivity (Wildman–Crippen MR) is 414 cm³/mol. The van der Waals surface area contributed by atoms with Crippen LogP contribution < -0.4 is 0 Å². The molecular formula is C83H94B4F8N8. The maximum absolute atomic E-state index is 15.9. The van der Waals surface area contributed by atoms with Crippen LogP contribution in [0.25, 0.3) is 41.6 Å². The molecule has 0 aliphatic carbocycles. The van der Waals surface area contributed by atoms with Crippen LogP contribution in [0.3, 0.4) is 0 Å². The highest BCUT2D eigenvalue weighted by Crippen LogP contribution is 2.43. The van der Waals surface area contributed by atoms with Crippen molar-refractivity contribution in [1.82, 2.24) is 17.9 Å². The standard InChI is InChI=1S/C24H25BF2N2.C23H27BF2N2.C20H21BF2N2.C16H21BF2N2/c1-19(2)12-13-22-15-17-24-18-23-16-14-21(28(23)25(26,27)29(22)24)11-7-6-10-20-8-4-3-5-9-20;1-15(2)6-12-21-17(4)23-14-20-11-13-22(19-9-7-16(3)8-10-19)28(20)24(25,26)27(23)18(21)5;1-15(2)8-9-17-10-11-18-14-19-12-13-20(16-6-4-3-5-7-16)25(19)21(22,23)24(17)18;1-11(2)5-6-14-7-8-15-10-16-12(3)9-13(4)20(16)17(18,19)21(14)15/h3-11,14-19H,12-13H2,1-2H3;7-11,13-15H,6,12H2,1-5H3;3-7,10-15H,8-9H2,1-2H3;7-11H,5-6H2,1-4H3/b10-6+,11-7+;;;. The van der Waals surface area contributed by atoms with Crippen LogP contribution in [-0.4, -0.2) is 86.6 Å². The first-order chi connectivity index (χ1) is 49.0. The molecule has 0 bridgehead atoms. The second-order valence-electron chi connectivity index (χ2n) is 30.1. The second-order valence-corrected chi connectivity index (χ2v) is 30.1. The van der Waals surface area contributed by atoms with Gasteiger partial charge in [0.25, 0.3) is 0 Å². The fourth-order valence-electron chi connectivity index (χ4n) is 15.4. The predicted octanol–water partition coefficient (Wildman–Crippen LogP) is 21.1. The molecule has 103 heavy (non-hydrogen) atoms. The second kappa shape index (κ2) is 29.4. The van der Waals surface area contributed by atoms with Gasteiger partial charge in [-0.15, -0.1) is 0 Å². The molecule has 8 aliphatic rings. The van der Waals surface area contributed by atoms with E-state index in [1.54, 1.807) is 43.4 Å². The molecule has 0 saturated heterocycles. The average molecular weight is 1400 g/mol. The van der Waals surface area contributed by atoms with Crippen LogP contribution in [0.2, 0.25) is 0 Å². The molecule has 0 saturated carbocycles. The highest BCUT2D eigenvalue weighted by Gasteiger charge is 2.57. The van der Waals surface area contributed by atoms with Gasteiger partial charge in [0.2, 0.25) is 0 Å². The summed E-state index contributed by atoms with van der Waals surface area (Å²) in [5.41, 5.74) is 16.6. The number of aryl methyl sites for hydroxylation is 5. The molecule has 0 fully saturated rings. The van der Waals surface area contributed by atoms with Gasteiger partial charge in [0.15, 0.2) is 34.2 Å². The van der Waals surface area contributed by atoms with Crippen molar-refractivity contribution in [3.63, 3.8) is 0 Å². The lowest BCUT2D eigenvalue weighted by Crippen LogP contribution is -2.51. The Balaban J connectivity index is 0.000000130. The van der Waals surface area contributed by atoms with Crippen LogP contribution in [0.15, 0.2) is 216 Å². The lowest BCUT2D eigenvalue weighted by Gasteiger charge is -2.31. The number of allylic oxidation sites excluding steroid dienone is 11. The maximum Gasteiger partial charge on any atom is 0.737 e. The van der Waals surface area contributed by atoms with Crippen LogP contribution in [0.4, 0.5) is 34.5 Å². The van der Waals surface area contributed by atoms with E-state index < -0.39 is 27.9 Å². The highest BCUT2D eigenvalue weighted by molar-refractivity contribution is 6.60. The molecule has 15 rings (SSSR count). The number of nitrogens with zero attached hydrogens (tertiary/aromatic N) is 8. The number of hydrogen-bond acceptors (Lipinski definition) is 0. The van der Waals surface area contributed by atoms with E-state index in [1.807, 2.05) is 204 Å². The molecule has 0 spiro atoms. The molecule has 0 radical (unpaired) electrons. The Morgan fingerprint density at radius 2 is 0.913 bits per heavy atom. The van der Waals surface area contributed by atoms with Crippen LogP contribution in [0.1, 0.15) is 170 Å². The Bertz CT molecular complexity index is 4910. The quantitative estimate of drug-likeness (QED) is 0.0494. The lowest BCUT2D eigenvalue weighted by atomic mass is 9.89. The van der Waals surface area contributed by atoms with Crippen molar-refractivity contribution >= 4 is 81.1 Å². The van der Waals surface area contributed by atoms with Crippen molar-refractivity contribution < 1.29 is 52.5 Å². The molecule has 0 atom stereocenters. The van der Waals surface area contributed by atoms with Crippen LogP contribution in [-0.2, 0) is 12.8 Å². The molecule has 3 aromatic carbocycles. The summed E-state index contributed by atoms with van der Waals surface area (Å²) in [6, 6.07) is 39.8. The minimum absolute atomic E-state index is 0.479. The summed E-state index contributed by atoms with van der Waals surface area (Å²) in [6.45, 7) is 10.9. The minimum atomic E-state index is -3.95. The van der Waals surface area contributed by atoms with Gasteiger partial charge in [0, 0.05) is 125 Å². The Kier molecular flexibility index (Phi) is 20.9. The van der Waals surface area contributed by atoms with Gasteiger partial charge in [0.05, 0.1) is 0 Å². The molecule has 4 aromatic heterocycles. The first-order valence-corrected chi connectivity index (χ1v) is 36.6. The Morgan fingerprint density at radius 3 is 1.52 bits per heavy atom. The molecule has 0 amide bonds. The minimum Gasteiger partial charge on any atom is -0.394 e. The van der Waals surface area contributed by atoms with Gasteiger partial charge in [-0.2, -0.15) is 0 Å². The molecule has 534 valence electrons. The van der Waals surface area contributed by atoms with Crippen molar-refractivity contribution in [2.24, 2.45) is 23.7 Å². The number of halogens is 8. The fourth-order valence-corrected chi connectivity index (χ4v) is 15.4. The van der Waals surface area contributed by atoms with Crippen LogP contribution in [0.5, 0.6) is 0 Å². The zero-order valence-corrected chi connectivity index (χ0v) is 61.6. The van der Waals surface area contributed by atoms with Gasteiger partial charge >= 0.3 is 27.9 Å². The summed E-state index contributed by atoms with van der Waals surface area (Å²) in [7, 11) is 0. The third-order valence-electron chi connectivity index (χ3n) is 20.8. The SMILES string of the molecule is CC(C)CCc1ccc2n1[B-](F)(F)[N+]1=C(/C=C/C=C/c3ccccc3)C=CC1=C2.CC(C)CCc1ccc2n1[B-](F)(F)[N+]1=C(c3ccccc3)C=CC1=C2.CC1=C(CCC(C)C)C(C)=[N+]2C1=Cc1ccc(-c3ccc(C)cc3)n1[B-]2(F)F.Cc1cc(C)n2c1C=C1C=CC(CCC(C)C)=[N+]1[B-]2(F)F. The fraction of sp³-hybridized carbons (Fsp3) is 0.301. The highest BCUT2D eigenvalue weighted by atomic mass is 19.3. The van der Waals surface area contributed by atoms with Gasteiger partial charge in [-0.25, -0.2) is 0 Å². The van der Waals surface area contributed by atoms with Gasteiger partial charge in [-0.1, -0.05) is 152 Å². The topological polar surface area (TPSA) is 31.8 Å². The Labute approximate surface area is 602 Å². The van der Waals surface area contributed by atoms with Crippen molar-refractivity contribution in [3.8, 4) is 11.3 Å². The van der Waals surface area contributed by atoms with E-state index in [2.05, 4.69) is 55.4 Å². The number of rotatable bonds is 17. The molecule has 0 unspecified atom stereocenters. The van der Waals surface area contributed by atoms with E-state index in [0.29, 0.717) is 128 Å². The largest absolute Gasteiger partial charge is 0.737 e. The number of hydrogen-bond donors (Lipinski definition) is 0. The third kappa shape index (κ3) is 14.4. The van der Waals surface area contributed by atoms with E-state index in [-0.39, 0.29) is 0 Å². The summed E-state index contributed by atoms with van der Waals surface area (Å²) in [6.07, 6.45) is 32.2. The van der Waals surface area contributed by atoms with Gasteiger partial charge in [-0.3, -0.25) is 0 Å². The number of fused-ring (bicyclic) bond motifs is 8. The number of aromatic nitrogens is 4. The molecule has 12 heterocycles. The monoisotopic (exact) mass is 1400 g/mol. The summed E-state index contributed by atoms with van der Waals surface area (Å²) in [5.74, 6) is 2.03. The van der Waals surface area contributed by atoms with Crippen molar-refractivity contribution in [1.29, 1.82) is 0 Å². The normalized spacial score (nSPS) is 18.0. The van der Waals surface area contributed by atoms with Crippen LogP contribution >= 0.6 is 0 Å². The van der Waals surface area contributed by atoms with E-state index in [4.69, 9.17) is 0 Å². The zero-order valence-electron chi connectivity index (χ0n) is 61.6. The zero-order chi connectivity index (χ0) is 73.6. The Hall–Kier alpha value is -9.44. The first-order valence-electron chi connectivity index (χ1n) is 36.6. The smallest absolute Gasteiger partial charge is 0.394 e. The van der Waals surface area contributed by atoms with E-state index in [1.165, 1.54) is 35.9 Å². The molecule has 7 aromatic rings. The van der Waals surface area contributed by atoms with Crippen molar-refractivity contribution in [3.05, 3.63) is 278 Å². The first kappa shape index (κ1) is 73.3. The van der Waals surface area contributed by atoms with Crippen molar-refractivity contribution in [2.75, 3.05) is 0 Å². The summed E-state index contributed by atoms with van der Waals surface area (Å²) in [4.78, 5) is 0. The van der Waals surface area contributed by atoms with Gasteiger partial charge in [0.1, 0.15) is 11.4 Å². The van der Waals surface area contributed by atoms with E-state index >= 15 is 34.5 Å². The average Bonchev–Trinajstić information content (AvgIpc) is 1.61. The van der Waals surface area contributed by atoms with Crippen LogP contribution in [0, 0.1) is 44.4 Å². The van der Waals surface area contributed by atoms with Crippen molar-refractivity contribution in [2.45, 2.75) is 141 Å². The van der Waals surface area contributed by atoms with E-state index in [9.17, 15) is 0 Å².